The van der Waals surface area contributed by atoms with Crippen molar-refractivity contribution in [3.8, 4) is 11.5 Å². The molecule has 0 radical (unpaired) electrons. The van der Waals surface area contributed by atoms with Gasteiger partial charge in [-0.05, 0) is 43.2 Å². The Morgan fingerprint density at radius 2 is 1.97 bits per heavy atom. The first-order valence-electron chi connectivity index (χ1n) is 10.2. The minimum Gasteiger partial charge on any atom is -0.486 e. The van der Waals surface area contributed by atoms with Crippen LogP contribution in [0, 0.1) is 24.0 Å². The van der Waals surface area contributed by atoms with E-state index in [2.05, 4.69) is 5.32 Å². The van der Waals surface area contributed by atoms with Gasteiger partial charge in [-0.25, -0.2) is 0 Å². The number of ether oxygens (including phenoxy) is 2. The van der Waals surface area contributed by atoms with Crippen LogP contribution in [0.1, 0.15) is 35.6 Å². The molecule has 2 aromatic rings. The fourth-order valence-corrected chi connectivity index (χ4v) is 4.30. The first-order chi connectivity index (χ1) is 14.4. The molecule has 0 aliphatic carbocycles. The lowest BCUT2D eigenvalue weighted by atomic mass is 10.0. The zero-order valence-corrected chi connectivity index (χ0v) is 17.2. The maximum absolute atomic E-state index is 12.8. The summed E-state index contributed by atoms with van der Waals surface area (Å²) in [5.74, 6) is 1.29. The summed E-state index contributed by atoms with van der Waals surface area (Å²) >= 11 is 0. The van der Waals surface area contributed by atoms with Crippen LogP contribution in [0.4, 0.5) is 11.4 Å². The van der Waals surface area contributed by atoms with Crippen molar-refractivity contribution in [2.24, 2.45) is 0 Å². The predicted octanol–water partition coefficient (Wildman–Crippen LogP) is 2.34. The molecule has 1 unspecified atom stereocenters. The summed E-state index contributed by atoms with van der Waals surface area (Å²) in [6.45, 7) is 5.88. The number of nitrogens with one attached hydrogen (secondary N) is 2. The van der Waals surface area contributed by atoms with Crippen LogP contribution in [0.5, 0.6) is 11.5 Å². The van der Waals surface area contributed by atoms with Crippen LogP contribution in [0.2, 0.25) is 0 Å². The molecule has 2 aliphatic heterocycles. The number of quaternary nitrogens is 1. The molecule has 2 N–H and O–H groups in total. The van der Waals surface area contributed by atoms with E-state index in [0.717, 1.165) is 52.5 Å². The maximum atomic E-state index is 12.8. The number of aryl methyl sites for hydroxylation is 1. The lowest BCUT2D eigenvalue weighted by Crippen LogP contribution is -3.11. The summed E-state index contributed by atoms with van der Waals surface area (Å²) in [5.41, 5.74) is 2.96. The summed E-state index contributed by atoms with van der Waals surface area (Å²) < 4.78 is 11.3. The summed E-state index contributed by atoms with van der Waals surface area (Å²) in [6.07, 6.45) is 2.00. The molecule has 4 rings (SSSR count). The number of hydrogen-bond acceptors (Lipinski definition) is 5. The van der Waals surface area contributed by atoms with Crippen molar-refractivity contribution in [3.63, 3.8) is 0 Å². The smallest absolute Gasteiger partial charge is 0.293 e. The molecule has 8 nitrogen and oxygen atoms in total. The lowest BCUT2D eigenvalue weighted by molar-refractivity contribution is -0.910. The molecule has 1 fully saturated rings. The van der Waals surface area contributed by atoms with Crippen LogP contribution < -0.4 is 19.7 Å². The molecule has 30 heavy (non-hydrogen) atoms. The molecular formula is C22H26N3O5+. The number of fused-ring (bicyclic) bond motifs is 1. The number of anilines is 1. The second kappa shape index (κ2) is 8.31. The van der Waals surface area contributed by atoms with Gasteiger partial charge in [-0.1, -0.05) is 6.07 Å². The highest BCUT2D eigenvalue weighted by Gasteiger charge is 2.33. The Morgan fingerprint density at radius 1 is 1.20 bits per heavy atom. The molecule has 2 aliphatic rings. The monoisotopic (exact) mass is 412 g/mol. The van der Waals surface area contributed by atoms with Crippen LogP contribution >= 0.6 is 0 Å². The fourth-order valence-electron chi connectivity index (χ4n) is 4.30. The van der Waals surface area contributed by atoms with E-state index in [1.165, 1.54) is 6.07 Å². The number of carbonyl (C=O) groups excluding carboxylic acids is 1. The number of nitrogens with zero attached hydrogens (tertiary/aromatic N) is 1. The lowest BCUT2D eigenvalue weighted by Gasteiger charge is -2.24. The number of carbonyl (C=O) groups is 1. The van der Waals surface area contributed by atoms with Gasteiger partial charge in [-0.15, -0.1) is 0 Å². The number of rotatable bonds is 5. The van der Waals surface area contributed by atoms with Crippen LogP contribution in [-0.2, 0) is 4.79 Å². The summed E-state index contributed by atoms with van der Waals surface area (Å²) in [4.78, 5) is 24.9. The third kappa shape index (κ3) is 3.95. The minimum absolute atomic E-state index is 0.0775. The molecule has 1 saturated heterocycles. The standard InChI is InChI=1S/C22H25N3O5/c1-14-5-7-18(25(27)28)22(15(14)2)23-21(26)13-24-9-3-4-17(24)16-6-8-19-20(12-16)30-11-10-29-19/h5-8,12,17H,3-4,9-11,13H2,1-2H3,(H,23,26)/p+1/t17-/m1/s1. The topological polar surface area (TPSA) is 95.1 Å². The number of benzene rings is 2. The largest absolute Gasteiger partial charge is 0.486 e. The number of likely N-dealkylation sites (tertiary alicyclic amines) is 1. The van der Waals surface area contributed by atoms with Crippen molar-refractivity contribution in [2.75, 3.05) is 31.6 Å². The van der Waals surface area contributed by atoms with Crippen molar-refractivity contribution < 1.29 is 24.1 Å². The van der Waals surface area contributed by atoms with Gasteiger partial charge in [0.05, 0.1) is 11.5 Å². The van der Waals surface area contributed by atoms with Gasteiger partial charge in [0.2, 0.25) is 0 Å². The number of nitro groups is 1. The van der Waals surface area contributed by atoms with Crippen LogP contribution in [-0.4, -0.2) is 37.1 Å². The van der Waals surface area contributed by atoms with E-state index in [9.17, 15) is 14.9 Å². The summed E-state index contributed by atoms with van der Waals surface area (Å²) in [7, 11) is 0. The third-order valence-electron chi connectivity index (χ3n) is 6.01. The Bertz CT molecular complexity index is 991. The molecule has 1 amide bonds. The van der Waals surface area contributed by atoms with E-state index in [1.54, 1.807) is 13.0 Å². The number of nitro benzene ring substituents is 1. The minimum atomic E-state index is -0.456. The molecule has 0 bridgehead atoms. The predicted molar refractivity (Wildman–Crippen MR) is 111 cm³/mol. The molecule has 158 valence electrons. The fraction of sp³-hybridized carbons (Fsp3) is 0.409. The van der Waals surface area contributed by atoms with Gasteiger partial charge in [0.1, 0.15) is 24.9 Å². The highest BCUT2D eigenvalue weighted by Crippen LogP contribution is 2.34. The summed E-state index contributed by atoms with van der Waals surface area (Å²) in [5, 5.41) is 14.2. The van der Waals surface area contributed by atoms with E-state index in [0.29, 0.717) is 18.9 Å². The molecule has 8 heteroatoms. The normalized spacial score (nSPS) is 20.1. The van der Waals surface area contributed by atoms with Crippen molar-refractivity contribution in [1.29, 1.82) is 0 Å². The van der Waals surface area contributed by atoms with E-state index in [-0.39, 0.29) is 24.2 Å². The van der Waals surface area contributed by atoms with Crippen LogP contribution in [0.3, 0.4) is 0 Å². The Balaban J connectivity index is 1.50. The molecule has 0 saturated carbocycles. The molecule has 0 spiro atoms. The van der Waals surface area contributed by atoms with E-state index < -0.39 is 4.92 Å². The highest BCUT2D eigenvalue weighted by molar-refractivity contribution is 5.95. The van der Waals surface area contributed by atoms with E-state index in [4.69, 9.17) is 9.47 Å². The Labute approximate surface area is 174 Å². The van der Waals surface area contributed by atoms with Gasteiger partial charge in [0.15, 0.2) is 18.0 Å². The zero-order chi connectivity index (χ0) is 21.3. The van der Waals surface area contributed by atoms with E-state index in [1.807, 2.05) is 25.1 Å². The second-order valence-corrected chi connectivity index (χ2v) is 7.89. The molecule has 2 aromatic carbocycles. The van der Waals surface area contributed by atoms with Crippen molar-refractivity contribution in [1.82, 2.24) is 0 Å². The van der Waals surface area contributed by atoms with E-state index >= 15 is 0 Å². The van der Waals surface area contributed by atoms with Gasteiger partial charge >= 0.3 is 0 Å². The molecule has 2 heterocycles. The number of amides is 1. The van der Waals surface area contributed by atoms with Gasteiger partial charge in [0.25, 0.3) is 11.6 Å². The van der Waals surface area contributed by atoms with Gasteiger partial charge in [-0.3, -0.25) is 14.9 Å². The Hall–Kier alpha value is -3.13. The van der Waals surface area contributed by atoms with Crippen molar-refractivity contribution in [2.45, 2.75) is 32.7 Å². The van der Waals surface area contributed by atoms with Crippen LogP contribution in [0.25, 0.3) is 0 Å². The van der Waals surface area contributed by atoms with Crippen molar-refractivity contribution >= 4 is 17.3 Å². The van der Waals surface area contributed by atoms with Crippen LogP contribution in [0.15, 0.2) is 30.3 Å². The Kier molecular flexibility index (Phi) is 5.59. The maximum Gasteiger partial charge on any atom is 0.293 e. The third-order valence-corrected chi connectivity index (χ3v) is 6.01. The van der Waals surface area contributed by atoms with Gasteiger partial charge in [0, 0.05) is 24.5 Å². The highest BCUT2D eigenvalue weighted by atomic mass is 16.6. The average Bonchev–Trinajstić information content (AvgIpc) is 3.19. The van der Waals surface area contributed by atoms with Gasteiger partial charge < -0.3 is 19.7 Å². The molecule has 2 atom stereocenters. The number of hydrogen-bond donors (Lipinski definition) is 2. The Morgan fingerprint density at radius 3 is 2.73 bits per heavy atom. The summed E-state index contributed by atoms with van der Waals surface area (Å²) in [6, 6.07) is 9.31. The quantitative estimate of drug-likeness (QED) is 0.581. The van der Waals surface area contributed by atoms with Gasteiger partial charge in [-0.2, -0.15) is 0 Å². The zero-order valence-electron chi connectivity index (χ0n) is 17.2. The average molecular weight is 412 g/mol. The van der Waals surface area contributed by atoms with Crippen molar-refractivity contribution in [3.05, 3.63) is 57.1 Å². The molecule has 0 aromatic heterocycles. The first-order valence-corrected chi connectivity index (χ1v) is 10.2. The SMILES string of the molecule is Cc1ccc([N+](=O)[O-])c(NC(=O)C[NH+]2CCC[C@@H]2c2ccc3c(c2)OCCO3)c1C. The second-order valence-electron chi connectivity index (χ2n) is 7.89. The first kappa shape index (κ1) is 20.2. The molecular weight excluding hydrogens is 386 g/mol.